The molecule has 0 bridgehead atoms. The molecule has 1 aliphatic rings. The molecule has 2 aromatic carbocycles. The molecule has 0 N–H and O–H groups in total. The van der Waals surface area contributed by atoms with E-state index >= 15 is 0 Å². The SMILES string of the molecule is COC(=O)c1ccc2c(c1)nc(Cc1ccc(OC(F)(F)F)cc1)n2[C@@H]1C[C@H](C)CC(C)(C)C1. The molecule has 0 aliphatic heterocycles. The lowest BCUT2D eigenvalue weighted by Crippen LogP contribution is -2.30. The second-order valence-electron chi connectivity index (χ2n) is 10.0. The zero-order valence-electron chi connectivity index (χ0n) is 19.8. The summed E-state index contributed by atoms with van der Waals surface area (Å²) in [6.45, 7) is 6.83. The monoisotopic (exact) mass is 474 g/mol. The Morgan fingerprint density at radius 1 is 1.15 bits per heavy atom. The Balaban J connectivity index is 1.73. The second-order valence-corrected chi connectivity index (χ2v) is 10.0. The number of ether oxygens (including phenoxy) is 2. The normalized spacial score (nSPS) is 20.3. The van der Waals surface area contributed by atoms with Crippen LogP contribution in [0.15, 0.2) is 42.5 Å². The van der Waals surface area contributed by atoms with Crippen molar-refractivity contribution in [2.75, 3.05) is 7.11 Å². The molecule has 3 aromatic rings. The molecule has 5 nitrogen and oxygen atoms in total. The summed E-state index contributed by atoms with van der Waals surface area (Å²) >= 11 is 0. The van der Waals surface area contributed by atoms with Gasteiger partial charge in [-0.2, -0.15) is 0 Å². The summed E-state index contributed by atoms with van der Waals surface area (Å²) in [5.41, 5.74) is 3.07. The van der Waals surface area contributed by atoms with Gasteiger partial charge in [0.25, 0.3) is 0 Å². The molecule has 0 spiro atoms. The molecule has 8 heteroatoms. The summed E-state index contributed by atoms with van der Waals surface area (Å²) in [4.78, 5) is 16.9. The van der Waals surface area contributed by atoms with Crippen molar-refractivity contribution in [1.29, 1.82) is 0 Å². The molecule has 34 heavy (non-hydrogen) atoms. The van der Waals surface area contributed by atoms with Crippen LogP contribution in [-0.4, -0.2) is 29.0 Å². The van der Waals surface area contributed by atoms with Gasteiger partial charge < -0.3 is 14.0 Å². The minimum atomic E-state index is -4.72. The Kier molecular flexibility index (Phi) is 6.36. The first kappa shape index (κ1) is 24.1. The molecule has 1 aliphatic carbocycles. The van der Waals surface area contributed by atoms with E-state index in [4.69, 9.17) is 9.72 Å². The fourth-order valence-electron chi connectivity index (χ4n) is 5.41. The van der Waals surface area contributed by atoms with Gasteiger partial charge in [-0.25, -0.2) is 9.78 Å². The van der Waals surface area contributed by atoms with Crippen LogP contribution in [0.3, 0.4) is 0 Å². The lowest BCUT2D eigenvalue weighted by atomic mass is 9.70. The summed E-state index contributed by atoms with van der Waals surface area (Å²) < 4.78 is 48.6. The minimum absolute atomic E-state index is 0.179. The molecule has 2 atom stereocenters. The lowest BCUT2D eigenvalue weighted by molar-refractivity contribution is -0.274. The number of carbonyl (C=O) groups excluding carboxylic acids is 1. The van der Waals surface area contributed by atoms with E-state index in [1.165, 1.54) is 19.2 Å². The maximum Gasteiger partial charge on any atom is 0.573 e. The molecule has 1 fully saturated rings. The lowest BCUT2D eigenvalue weighted by Gasteiger charge is -2.40. The first-order valence-electron chi connectivity index (χ1n) is 11.4. The fraction of sp³-hybridized carbons (Fsp3) is 0.462. The molecule has 1 heterocycles. The number of alkyl halides is 3. The van der Waals surface area contributed by atoms with Crippen LogP contribution in [0.1, 0.15) is 67.8 Å². The average Bonchev–Trinajstić information content (AvgIpc) is 3.09. The van der Waals surface area contributed by atoms with Crippen LogP contribution in [0, 0.1) is 11.3 Å². The molecular formula is C26H29F3N2O3. The van der Waals surface area contributed by atoms with Crippen molar-refractivity contribution in [3.05, 3.63) is 59.4 Å². The molecule has 0 radical (unpaired) electrons. The predicted molar refractivity (Wildman–Crippen MR) is 123 cm³/mol. The number of benzene rings is 2. The van der Waals surface area contributed by atoms with Crippen molar-refractivity contribution in [1.82, 2.24) is 9.55 Å². The van der Waals surface area contributed by atoms with Gasteiger partial charge in [0.05, 0.1) is 23.7 Å². The quantitative estimate of drug-likeness (QED) is 0.386. The van der Waals surface area contributed by atoms with E-state index < -0.39 is 12.3 Å². The van der Waals surface area contributed by atoms with Gasteiger partial charge in [0, 0.05) is 12.5 Å². The molecular weight excluding hydrogens is 445 g/mol. The third-order valence-electron chi connectivity index (χ3n) is 6.43. The number of rotatable bonds is 5. The molecule has 182 valence electrons. The van der Waals surface area contributed by atoms with Crippen LogP contribution in [0.2, 0.25) is 0 Å². The van der Waals surface area contributed by atoms with Crippen molar-refractivity contribution in [2.24, 2.45) is 11.3 Å². The Morgan fingerprint density at radius 3 is 2.47 bits per heavy atom. The van der Waals surface area contributed by atoms with Gasteiger partial charge in [0.1, 0.15) is 11.6 Å². The van der Waals surface area contributed by atoms with Gasteiger partial charge in [0.15, 0.2) is 0 Å². The zero-order chi connectivity index (χ0) is 24.7. The first-order chi connectivity index (χ1) is 15.9. The van der Waals surface area contributed by atoms with Crippen LogP contribution >= 0.6 is 0 Å². The molecule has 0 amide bonds. The summed E-state index contributed by atoms with van der Waals surface area (Å²) in [7, 11) is 1.34. The van der Waals surface area contributed by atoms with Crippen LogP contribution in [-0.2, 0) is 11.2 Å². The first-order valence-corrected chi connectivity index (χ1v) is 11.4. The van der Waals surface area contributed by atoms with Crippen molar-refractivity contribution < 1.29 is 27.4 Å². The van der Waals surface area contributed by atoms with E-state index in [1.807, 2.05) is 6.07 Å². The second kappa shape index (κ2) is 8.96. The number of hydrogen-bond acceptors (Lipinski definition) is 4. The van der Waals surface area contributed by atoms with Gasteiger partial charge in [-0.1, -0.05) is 32.9 Å². The minimum Gasteiger partial charge on any atom is -0.465 e. The smallest absolute Gasteiger partial charge is 0.465 e. The van der Waals surface area contributed by atoms with E-state index in [-0.39, 0.29) is 17.2 Å². The number of imidazole rings is 1. The number of carbonyl (C=O) groups is 1. The van der Waals surface area contributed by atoms with Crippen molar-refractivity contribution in [3.8, 4) is 5.75 Å². The van der Waals surface area contributed by atoms with Gasteiger partial charge in [-0.3, -0.25) is 0 Å². The highest BCUT2D eigenvalue weighted by Crippen LogP contribution is 2.45. The maximum atomic E-state index is 12.5. The Labute approximate surface area is 196 Å². The summed E-state index contributed by atoms with van der Waals surface area (Å²) in [6, 6.07) is 11.5. The number of hydrogen-bond donors (Lipinski definition) is 0. The number of methoxy groups -OCH3 is 1. The third-order valence-corrected chi connectivity index (χ3v) is 6.43. The molecule has 1 saturated carbocycles. The topological polar surface area (TPSA) is 53.4 Å². The highest BCUT2D eigenvalue weighted by atomic mass is 19.4. The van der Waals surface area contributed by atoms with Crippen LogP contribution in [0.5, 0.6) is 5.75 Å². The van der Waals surface area contributed by atoms with Gasteiger partial charge in [-0.15, -0.1) is 13.2 Å². The summed E-state index contributed by atoms with van der Waals surface area (Å²) in [6.07, 6.45) is -1.12. The van der Waals surface area contributed by atoms with E-state index in [2.05, 4.69) is 30.1 Å². The Morgan fingerprint density at radius 2 is 1.85 bits per heavy atom. The zero-order valence-corrected chi connectivity index (χ0v) is 19.8. The van der Waals surface area contributed by atoms with Gasteiger partial charge in [0.2, 0.25) is 0 Å². The molecule has 0 saturated heterocycles. The largest absolute Gasteiger partial charge is 0.573 e. The number of fused-ring (bicyclic) bond motifs is 1. The standard InChI is InChI=1S/C26H29F3N2O3/c1-16-11-19(15-25(2,3)14-16)31-22-10-7-18(24(32)33-4)13-21(22)30-23(31)12-17-5-8-20(9-6-17)34-26(27,28)29/h5-10,13,16,19H,11-12,14-15H2,1-4H3/t16-,19+/m0/s1. The molecule has 0 unspecified atom stereocenters. The predicted octanol–water partition coefficient (Wildman–Crippen LogP) is 6.70. The molecule has 1 aromatic heterocycles. The van der Waals surface area contributed by atoms with Crippen molar-refractivity contribution in [2.45, 2.75) is 58.9 Å². The van der Waals surface area contributed by atoms with E-state index in [1.54, 1.807) is 24.3 Å². The third kappa shape index (κ3) is 5.37. The van der Waals surface area contributed by atoms with Gasteiger partial charge >= 0.3 is 12.3 Å². The van der Waals surface area contributed by atoms with Crippen molar-refractivity contribution in [3.63, 3.8) is 0 Å². The maximum absolute atomic E-state index is 12.5. The van der Waals surface area contributed by atoms with Crippen LogP contribution < -0.4 is 4.74 Å². The summed E-state index contributed by atoms with van der Waals surface area (Å²) in [5.74, 6) is 0.685. The van der Waals surface area contributed by atoms with Crippen LogP contribution in [0.4, 0.5) is 13.2 Å². The summed E-state index contributed by atoms with van der Waals surface area (Å²) in [5, 5.41) is 0. The number of halogens is 3. The molecule has 4 rings (SSSR count). The van der Waals surface area contributed by atoms with Gasteiger partial charge in [-0.05, 0) is 66.5 Å². The van der Waals surface area contributed by atoms with E-state index in [0.29, 0.717) is 23.4 Å². The highest BCUT2D eigenvalue weighted by molar-refractivity contribution is 5.93. The Bertz CT molecular complexity index is 1180. The Hall–Kier alpha value is -3.03. The van der Waals surface area contributed by atoms with Crippen molar-refractivity contribution >= 4 is 17.0 Å². The number of esters is 1. The van der Waals surface area contributed by atoms with E-state index in [9.17, 15) is 18.0 Å². The fourth-order valence-corrected chi connectivity index (χ4v) is 5.41. The van der Waals surface area contributed by atoms with Crippen LogP contribution in [0.25, 0.3) is 11.0 Å². The highest BCUT2D eigenvalue weighted by Gasteiger charge is 2.35. The number of nitrogens with zero attached hydrogens (tertiary/aromatic N) is 2. The number of aromatic nitrogens is 2. The van der Waals surface area contributed by atoms with E-state index in [0.717, 1.165) is 36.2 Å². The average molecular weight is 475 g/mol.